The van der Waals surface area contributed by atoms with E-state index in [0.29, 0.717) is 11.3 Å². The Labute approximate surface area is 213 Å². The molecule has 4 saturated carbocycles. The molecular formula is C25H24F4N6O3. The minimum Gasteiger partial charge on any atom is -0.383 e. The highest BCUT2D eigenvalue weighted by molar-refractivity contribution is 6.03. The number of aromatic nitrogens is 3. The Balaban J connectivity index is 1.14. The van der Waals surface area contributed by atoms with Crippen molar-refractivity contribution in [3.8, 4) is 11.3 Å². The zero-order valence-corrected chi connectivity index (χ0v) is 20.3. The predicted molar refractivity (Wildman–Crippen MR) is 126 cm³/mol. The average molecular weight is 532 g/mol. The van der Waals surface area contributed by atoms with Crippen molar-refractivity contribution in [2.45, 2.75) is 62.6 Å². The zero-order chi connectivity index (χ0) is 27.3. The van der Waals surface area contributed by atoms with Gasteiger partial charge >= 0.3 is 6.18 Å². The molecule has 2 heterocycles. The number of nitrogen functional groups attached to an aromatic ring is 1. The second-order valence-electron chi connectivity index (χ2n) is 11.1. The minimum atomic E-state index is -4.23. The average Bonchev–Trinajstić information content (AvgIpc) is 3.16. The lowest BCUT2D eigenvalue weighted by Gasteiger charge is -2.69. The fourth-order valence-electron chi connectivity index (χ4n) is 5.84. The molecule has 0 saturated heterocycles. The van der Waals surface area contributed by atoms with Crippen molar-refractivity contribution in [1.82, 2.24) is 14.9 Å². The van der Waals surface area contributed by atoms with Crippen molar-refractivity contribution < 1.29 is 31.7 Å². The second kappa shape index (κ2) is 7.58. The summed E-state index contributed by atoms with van der Waals surface area (Å²) in [7, 11) is 0. The molecule has 4 aliphatic carbocycles. The van der Waals surface area contributed by atoms with E-state index in [9.17, 15) is 22.8 Å². The minimum absolute atomic E-state index is 0.00793. The van der Waals surface area contributed by atoms with Crippen LogP contribution in [0.5, 0.6) is 0 Å². The standard InChI is InChI=1S/C25H24F4N6O3/c1-22(4-5-22)35-20(30)18(21(31)37)19(33-35)13-3-2-12(6-14(13)26)7-16(36)32-17-8-15(34-38-17)23-9-24(10-23,11-23)25(27,28)29/h2-3,6,8H,4-5,7,9-11,30H2,1H3,(H2,31,37)(H,32,36). The largest absolute Gasteiger partial charge is 0.394 e. The molecule has 0 unspecified atom stereocenters. The first kappa shape index (κ1) is 24.4. The lowest BCUT2D eigenvalue weighted by atomic mass is 9.34. The van der Waals surface area contributed by atoms with E-state index in [4.69, 9.17) is 16.0 Å². The monoisotopic (exact) mass is 532 g/mol. The first-order chi connectivity index (χ1) is 17.8. The van der Waals surface area contributed by atoms with Crippen LogP contribution in [0.4, 0.5) is 29.3 Å². The molecule has 1 aromatic carbocycles. The number of primary amides is 1. The third-order valence-electron chi connectivity index (χ3n) is 8.25. The number of anilines is 2. The van der Waals surface area contributed by atoms with E-state index in [-0.39, 0.29) is 59.7 Å². The van der Waals surface area contributed by atoms with Crippen molar-refractivity contribution in [2.24, 2.45) is 11.1 Å². The molecule has 13 heteroatoms. The lowest BCUT2D eigenvalue weighted by Crippen LogP contribution is -2.70. The molecule has 2 amide bonds. The van der Waals surface area contributed by atoms with Gasteiger partial charge in [-0.2, -0.15) is 18.3 Å². The molecule has 2 aromatic heterocycles. The van der Waals surface area contributed by atoms with E-state index < -0.39 is 34.6 Å². The van der Waals surface area contributed by atoms with Crippen molar-refractivity contribution >= 4 is 23.5 Å². The number of hydrogen-bond acceptors (Lipinski definition) is 6. The van der Waals surface area contributed by atoms with Crippen LogP contribution in [0.2, 0.25) is 0 Å². The summed E-state index contributed by atoms with van der Waals surface area (Å²) >= 11 is 0. The summed E-state index contributed by atoms with van der Waals surface area (Å²) in [6.07, 6.45) is -2.91. The van der Waals surface area contributed by atoms with Crippen molar-refractivity contribution in [3.05, 3.63) is 46.9 Å². The molecule has 38 heavy (non-hydrogen) atoms. The fraction of sp³-hybridized carbons (Fsp3) is 0.440. The topological polar surface area (TPSA) is 142 Å². The number of carbonyl (C=O) groups is 2. The van der Waals surface area contributed by atoms with Gasteiger partial charge in [-0.3, -0.25) is 14.9 Å². The highest BCUT2D eigenvalue weighted by Gasteiger charge is 2.79. The molecule has 4 fully saturated rings. The van der Waals surface area contributed by atoms with Crippen LogP contribution in [0, 0.1) is 11.2 Å². The molecule has 200 valence electrons. The van der Waals surface area contributed by atoms with Crippen molar-refractivity contribution in [3.63, 3.8) is 0 Å². The second-order valence-corrected chi connectivity index (χ2v) is 11.1. The normalized spacial score (nSPS) is 24.9. The van der Waals surface area contributed by atoms with Crippen molar-refractivity contribution in [1.29, 1.82) is 0 Å². The Morgan fingerprint density at radius 3 is 2.45 bits per heavy atom. The Morgan fingerprint density at radius 2 is 1.87 bits per heavy atom. The van der Waals surface area contributed by atoms with Crippen LogP contribution in [0.25, 0.3) is 11.3 Å². The van der Waals surface area contributed by atoms with E-state index in [1.807, 2.05) is 6.92 Å². The van der Waals surface area contributed by atoms with Crippen LogP contribution in [0.3, 0.4) is 0 Å². The van der Waals surface area contributed by atoms with Crippen molar-refractivity contribution in [2.75, 3.05) is 11.1 Å². The molecule has 2 bridgehead atoms. The first-order valence-electron chi connectivity index (χ1n) is 12.1. The van der Waals surface area contributed by atoms with Crippen LogP contribution >= 0.6 is 0 Å². The van der Waals surface area contributed by atoms with E-state index in [1.165, 1.54) is 22.9 Å². The lowest BCUT2D eigenvalue weighted by molar-refractivity contribution is -0.338. The molecule has 3 aromatic rings. The number of nitrogens with two attached hydrogens (primary N) is 2. The van der Waals surface area contributed by atoms with Crippen LogP contribution < -0.4 is 16.8 Å². The summed E-state index contributed by atoms with van der Waals surface area (Å²) < 4.78 is 61.1. The van der Waals surface area contributed by atoms with E-state index in [2.05, 4.69) is 15.6 Å². The number of amides is 2. The molecule has 7 rings (SSSR count). The Morgan fingerprint density at radius 1 is 1.18 bits per heavy atom. The maximum atomic E-state index is 15.1. The molecular weight excluding hydrogens is 508 g/mol. The molecule has 0 spiro atoms. The van der Waals surface area contributed by atoms with Crippen LogP contribution in [-0.2, 0) is 22.2 Å². The third-order valence-corrected chi connectivity index (χ3v) is 8.25. The molecule has 5 N–H and O–H groups in total. The van der Waals surface area contributed by atoms with Gasteiger partial charge in [-0.05, 0) is 56.7 Å². The quantitative estimate of drug-likeness (QED) is 0.392. The number of benzene rings is 1. The summed E-state index contributed by atoms with van der Waals surface area (Å²) in [4.78, 5) is 24.6. The highest BCUT2D eigenvalue weighted by atomic mass is 19.4. The number of hydrogen-bond donors (Lipinski definition) is 3. The third kappa shape index (κ3) is 3.51. The van der Waals surface area contributed by atoms with Crippen LogP contribution in [0.15, 0.2) is 28.8 Å². The predicted octanol–water partition coefficient (Wildman–Crippen LogP) is 4.03. The number of rotatable bonds is 7. The van der Waals surface area contributed by atoms with Gasteiger partial charge in [-0.25, -0.2) is 9.07 Å². The Kier molecular flexibility index (Phi) is 4.87. The van der Waals surface area contributed by atoms with Crippen LogP contribution in [0.1, 0.15) is 60.6 Å². The SMILES string of the molecule is CC1(n2nc(-c3ccc(CC(=O)Nc4cc(C56CC(C(F)(F)F)(C5)C6)no4)cc3F)c(C(N)=O)c2N)CC1. The maximum absolute atomic E-state index is 15.1. The number of carbonyl (C=O) groups excluding carboxylic acids is 2. The molecule has 0 atom stereocenters. The van der Waals surface area contributed by atoms with Gasteiger partial charge in [-0.15, -0.1) is 0 Å². The molecule has 9 nitrogen and oxygen atoms in total. The van der Waals surface area contributed by atoms with Gasteiger partial charge in [0.1, 0.15) is 22.9 Å². The Hall–Kier alpha value is -3.90. The van der Waals surface area contributed by atoms with Gasteiger partial charge in [-0.1, -0.05) is 11.2 Å². The molecule has 0 aliphatic heterocycles. The van der Waals surface area contributed by atoms with Gasteiger partial charge in [0.2, 0.25) is 11.8 Å². The van der Waals surface area contributed by atoms with Gasteiger partial charge < -0.3 is 16.0 Å². The van der Waals surface area contributed by atoms with E-state index in [1.54, 1.807) is 0 Å². The maximum Gasteiger partial charge on any atom is 0.394 e. The summed E-state index contributed by atoms with van der Waals surface area (Å²) in [6, 6.07) is 5.50. The number of nitrogens with one attached hydrogen (secondary N) is 1. The summed E-state index contributed by atoms with van der Waals surface area (Å²) in [5, 5.41) is 10.8. The molecule has 4 aliphatic rings. The van der Waals surface area contributed by atoms with Gasteiger partial charge in [0.05, 0.1) is 23.1 Å². The number of alkyl halides is 3. The number of nitrogens with zero attached hydrogens (tertiary/aromatic N) is 3. The fourth-order valence-corrected chi connectivity index (χ4v) is 5.84. The van der Waals surface area contributed by atoms with Crippen LogP contribution in [-0.4, -0.2) is 32.9 Å². The van der Waals surface area contributed by atoms with E-state index >= 15 is 4.39 Å². The zero-order valence-electron chi connectivity index (χ0n) is 20.3. The smallest absolute Gasteiger partial charge is 0.383 e. The van der Waals surface area contributed by atoms with E-state index in [0.717, 1.165) is 18.9 Å². The molecule has 0 radical (unpaired) electrons. The summed E-state index contributed by atoms with van der Waals surface area (Å²) in [5.41, 5.74) is 9.71. The summed E-state index contributed by atoms with van der Waals surface area (Å²) in [6.45, 7) is 1.92. The summed E-state index contributed by atoms with van der Waals surface area (Å²) in [5.74, 6) is -1.98. The van der Waals surface area contributed by atoms with Gasteiger partial charge in [0, 0.05) is 17.0 Å². The Bertz CT molecular complexity index is 1480. The van der Waals surface area contributed by atoms with Gasteiger partial charge in [0.15, 0.2) is 0 Å². The highest BCUT2D eigenvalue weighted by Crippen LogP contribution is 2.78. The van der Waals surface area contributed by atoms with Gasteiger partial charge in [0.25, 0.3) is 5.91 Å². The first-order valence-corrected chi connectivity index (χ1v) is 12.1. The number of halogens is 4.